The number of hydrogen-bond acceptors (Lipinski definition) is 4. The Morgan fingerprint density at radius 1 is 1.00 bits per heavy atom. The van der Waals surface area contributed by atoms with Crippen LogP contribution in [0.2, 0.25) is 5.02 Å². The maximum Gasteiger partial charge on any atom is 0.269 e. The van der Waals surface area contributed by atoms with Crippen LogP contribution in [0.15, 0.2) is 58.3 Å². The summed E-state index contributed by atoms with van der Waals surface area (Å²) in [5, 5.41) is 3.73. The lowest BCUT2D eigenvalue weighted by molar-refractivity contribution is 0.0943. The van der Waals surface area contributed by atoms with Gasteiger partial charge >= 0.3 is 0 Å². The van der Waals surface area contributed by atoms with Crippen LogP contribution in [-0.4, -0.2) is 26.0 Å². The molecule has 0 bridgehead atoms. The number of sulfone groups is 1. The first-order valence-corrected chi connectivity index (χ1v) is 10.6. The molecule has 0 aromatic heterocycles. The van der Waals surface area contributed by atoms with E-state index in [-0.39, 0.29) is 9.79 Å². The van der Waals surface area contributed by atoms with Gasteiger partial charge in [0.15, 0.2) is 5.11 Å². The Morgan fingerprint density at radius 3 is 2.11 bits per heavy atom. The fourth-order valence-corrected chi connectivity index (χ4v) is 3.68. The molecule has 0 saturated heterocycles. The predicted molar refractivity (Wildman–Crippen MR) is 109 cm³/mol. The molecule has 27 heavy (non-hydrogen) atoms. The molecular formula is C18H20ClN3O3S2. The number of benzene rings is 2. The van der Waals surface area contributed by atoms with E-state index in [1.54, 1.807) is 0 Å². The second kappa shape index (κ2) is 9.68. The summed E-state index contributed by atoms with van der Waals surface area (Å²) >= 11 is 10.8. The van der Waals surface area contributed by atoms with Crippen LogP contribution in [0, 0.1) is 0 Å². The van der Waals surface area contributed by atoms with Crippen LogP contribution in [0.1, 0.15) is 30.1 Å². The zero-order chi connectivity index (χ0) is 19.9. The first kappa shape index (κ1) is 21.1. The van der Waals surface area contributed by atoms with E-state index in [1.165, 1.54) is 48.5 Å². The van der Waals surface area contributed by atoms with Gasteiger partial charge in [0.2, 0.25) is 9.84 Å². The van der Waals surface area contributed by atoms with Gasteiger partial charge in [0.05, 0.1) is 9.79 Å². The van der Waals surface area contributed by atoms with E-state index in [0.29, 0.717) is 15.7 Å². The minimum Gasteiger partial charge on any atom is -0.361 e. The zero-order valence-corrected chi connectivity index (χ0v) is 17.0. The average Bonchev–Trinajstić information content (AvgIpc) is 2.67. The standard InChI is InChI=1S/C18H20ClN3O3S2/c1-2-3-12-20-18(26)22-21-17(23)13-4-8-15(9-5-13)27(24,25)16-10-6-14(19)7-11-16/h4-11H,2-3,12H2,1H3,(H,21,23)(H2,20,22,26). The summed E-state index contributed by atoms with van der Waals surface area (Å²) in [6.07, 6.45) is 2.01. The Balaban J connectivity index is 2.01. The summed E-state index contributed by atoms with van der Waals surface area (Å²) in [4.78, 5) is 12.3. The molecule has 2 aromatic carbocycles. The topological polar surface area (TPSA) is 87.3 Å². The molecule has 2 aromatic rings. The lowest BCUT2D eigenvalue weighted by Crippen LogP contribution is -2.46. The van der Waals surface area contributed by atoms with E-state index < -0.39 is 15.7 Å². The highest BCUT2D eigenvalue weighted by Gasteiger charge is 2.18. The van der Waals surface area contributed by atoms with Crippen molar-refractivity contribution in [3.63, 3.8) is 0 Å². The summed E-state index contributed by atoms with van der Waals surface area (Å²) in [5.41, 5.74) is 5.37. The van der Waals surface area contributed by atoms with Crippen LogP contribution in [0.25, 0.3) is 0 Å². The number of nitrogens with one attached hydrogen (secondary N) is 3. The van der Waals surface area contributed by atoms with Crippen molar-refractivity contribution < 1.29 is 13.2 Å². The Bertz CT molecular complexity index is 898. The molecule has 0 radical (unpaired) electrons. The fourth-order valence-electron chi connectivity index (χ4n) is 2.14. The number of amides is 1. The summed E-state index contributed by atoms with van der Waals surface area (Å²) in [5.74, 6) is -0.426. The molecule has 3 N–H and O–H groups in total. The highest BCUT2D eigenvalue weighted by molar-refractivity contribution is 7.91. The molecule has 1 amide bonds. The van der Waals surface area contributed by atoms with E-state index in [9.17, 15) is 13.2 Å². The lowest BCUT2D eigenvalue weighted by atomic mass is 10.2. The molecule has 144 valence electrons. The summed E-state index contributed by atoms with van der Waals surface area (Å²) in [6, 6.07) is 11.6. The minimum absolute atomic E-state index is 0.0890. The molecule has 2 rings (SSSR count). The van der Waals surface area contributed by atoms with Gasteiger partial charge < -0.3 is 5.32 Å². The van der Waals surface area contributed by atoms with Gasteiger partial charge in [-0.1, -0.05) is 24.9 Å². The maximum absolute atomic E-state index is 12.6. The van der Waals surface area contributed by atoms with Gasteiger partial charge in [0.1, 0.15) is 0 Å². The van der Waals surface area contributed by atoms with Crippen LogP contribution in [0.3, 0.4) is 0 Å². The SMILES string of the molecule is CCCCNC(=S)NNC(=O)c1ccc(S(=O)(=O)c2ccc(Cl)cc2)cc1. The van der Waals surface area contributed by atoms with Crippen LogP contribution >= 0.6 is 23.8 Å². The number of hydrogen-bond donors (Lipinski definition) is 3. The number of carbonyl (C=O) groups excluding carboxylic acids is 1. The van der Waals surface area contributed by atoms with E-state index >= 15 is 0 Å². The Kier molecular flexibility index (Phi) is 7.58. The largest absolute Gasteiger partial charge is 0.361 e. The highest BCUT2D eigenvalue weighted by atomic mass is 35.5. The van der Waals surface area contributed by atoms with Crippen LogP contribution in [0.4, 0.5) is 0 Å². The van der Waals surface area contributed by atoms with Crippen molar-refractivity contribution in [1.29, 1.82) is 0 Å². The van der Waals surface area contributed by atoms with Gasteiger partial charge in [-0.3, -0.25) is 15.6 Å². The quantitative estimate of drug-likeness (QED) is 0.374. The van der Waals surface area contributed by atoms with Crippen LogP contribution in [-0.2, 0) is 9.84 Å². The normalized spacial score (nSPS) is 10.9. The average molecular weight is 426 g/mol. The number of carbonyl (C=O) groups is 1. The van der Waals surface area contributed by atoms with Crippen molar-refractivity contribution in [3.05, 3.63) is 59.1 Å². The van der Waals surface area contributed by atoms with Crippen molar-refractivity contribution in [1.82, 2.24) is 16.2 Å². The molecule has 0 unspecified atom stereocenters. The van der Waals surface area contributed by atoms with Crippen molar-refractivity contribution in [2.45, 2.75) is 29.6 Å². The molecule has 9 heteroatoms. The Hall–Kier alpha value is -2.16. The van der Waals surface area contributed by atoms with E-state index in [0.717, 1.165) is 19.4 Å². The molecule has 0 aliphatic rings. The zero-order valence-electron chi connectivity index (χ0n) is 14.7. The molecule has 0 aliphatic carbocycles. The smallest absolute Gasteiger partial charge is 0.269 e. The Labute approximate surface area is 169 Å². The van der Waals surface area contributed by atoms with Gasteiger partial charge in [-0.25, -0.2) is 8.42 Å². The van der Waals surface area contributed by atoms with Gasteiger partial charge in [0, 0.05) is 17.1 Å². The van der Waals surface area contributed by atoms with Crippen molar-refractivity contribution in [2.75, 3.05) is 6.54 Å². The highest BCUT2D eigenvalue weighted by Crippen LogP contribution is 2.22. The van der Waals surface area contributed by atoms with Crippen molar-refractivity contribution in [3.8, 4) is 0 Å². The molecule has 0 saturated carbocycles. The summed E-state index contributed by atoms with van der Waals surface area (Å²) in [7, 11) is -3.67. The van der Waals surface area contributed by atoms with Gasteiger partial charge in [-0.2, -0.15) is 0 Å². The fraction of sp³-hybridized carbons (Fsp3) is 0.222. The van der Waals surface area contributed by atoms with Crippen LogP contribution < -0.4 is 16.2 Å². The third kappa shape index (κ3) is 5.92. The first-order valence-electron chi connectivity index (χ1n) is 8.29. The number of thiocarbonyl (C=S) groups is 1. The van der Waals surface area contributed by atoms with Crippen molar-refractivity contribution in [2.24, 2.45) is 0 Å². The van der Waals surface area contributed by atoms with E-state index in [1.807, 2.05) is 0 Å². The predicted octanol–water partition coefficient (Wildman–Crippen LogP) is 3.08. The van der Waals surface area contributed by atoms with Gasteiger partial charge in [-0.05, 0) is 67.2 Å². The van der Waals surface area contributed by atoms with E-state index in [2.05, 4.69) is 23.1 Å². The lowest BCUT2D eigenvalue weighted by Gasteiger charge is -2.11. The van der Waals surface area contributed by atoms with Gasteiger partial charge in [0.25, 0.3) is 5.91 Å². The second-order valence-electron chi connectivity index (χ2n) is 5.67. The van der Waals surface area contributed by atoms with Crippen LogP contribution in [0.5, 0.6) is 0 Å². The van der Waals surface area contributed by atoms with E-state index in [4.69, 9.17) is 23.8 Å². The first-order chi connectivity index (χ1) is 12.8. The van der Waals surface area contributed by atoms with Crippen molar-refractivity contribution >= 4 is 44.7 Å². The monoisotopic (exact) mass is 425 g/mol. The molecule has 0 fully saturated rings. The third-order valence-corrected chi connectivity index (χ3v) is 5.94. The second-order valence-corrected chi connectivity index (χ2v) is 8.46. The molecule has 0 atom stereocenters. The number of hydrazine groups is 1. The molecule has 0 aliphatic heterocycles. The molecule has 0 heterocycles. The number of unbranched alkanes of at least 4 members (excludes halogenated alkanes) is 1. The summed E-state index contributed by atoms with van der Waals surface area (Å²) < 4.78 is 25.2. The number of halogens is 1. The minimum atomic E-state index is -3.67. The molecular weight excluding hydrogens is 406 g/mol. The summed E-state index contributed by atoms with van der Waals surface area (Å²) in [6.45, 7) is 2.78. The van der Waals surface area contributed by atoms with Gasteiger partial charge in [-0.15, -0.1) is 0 Å². The molecule has 0 spiro atoms. The Morgan fingerprint density at radius 2 is 1.56 bits per heavy atom. The molecule has 6 nitrogen and oxygen atoms in total. The number of rotatable bonds is 6. The maximum atomic E-state index is 12.6. The third-order valence-electron chi connectivity index (χ3n) is 3.66.